The zero-order valence-electron chi connectivity index (χ0n) is 9.40. The zero-order chi connectivity index (χ0) is 14.0. The number of thiophene rings is 1. The smallest absolute Gasteiger partial charge is 0.389 e. The largest absolute Gasteiger partial charge is 0.478 e. The first-order valence-corrected chi connectivity index (χ1v) is 6.94. The number of hydrogen-bond donors (Lipinski definition) is 1. The lowest BCUT2D eigenvalue weighted by Crippen LogP contribution is -2.08. The molecule has 102 valence electrons. The van der Waals surface area contributed by atoms with Gasteiger partial charge >= 0.3 is 12.1 Å². The normalized spacial score (nSPS) is 11.7. The zero-order valence-corrected chi connectivity index (χ0v) is 11.0. The molecule has 0 saturated heterocycles. The first-order valence-electron chi connectivity index (χ1n) is 5.18. The van der Waals surface area contributed by atoms with Crippen molar-refractivity contribution in [3.05, 3.63) is 27.4 Å². The van der Waals surface area contributed by atoms with Crippen LogP contribution in [0, 0.1) is 0 Å². The Balaban J connectivity index is 2.09. The van der Waals surface area contributed by atoms with Crippen molar-refractivity contribution in [1.29, 1.82) is 0 Å². The number of carboxylic acid groups (broad SMARTS) is 1. The molecule has 8 heteroatoms. The summed E-state index contributed by atoms with van der Waals surface area (Å²) in [6.45, 7) is 0. The van der Waals surface area contributed by atoms with Gasteiger partial charge in [-0.3, -0.25) is 0 Å². The Morgan fingerprint density at radius 2 is 2.05 bits per heavy atom. The van der Waals surface area contributed by atoms with Crippen molar-refractivity contribution in [1.82, 2.24) is 4.98 Å². The van der Waals surface area contributed by atoms with E-state index in [9.17, 15) is 18.0 Å². The summed E-state index contributed by atoms with van der Waals surface area (Å²) in [6, 6.07) is 1.47. The number of alkyl halides is 3. The van der Waals surface area contributed by atoms with Crippen molar-refractivity contribution in [2.24, 2.45) is 0 Å². The third kappa shape index (κ3) is 3.77. The van der Waals surface area contributed by atoms with Gasteiger partial charge in [0, 0.05) is 23.6 Å². The molecule has 2 rings (SSSR count). The summed E-state index contributed by atoms with van der Waals surface area (Å²) in [4.78, 5) is 15.5. The highest BCUT2D eigenvalue weighted by molar-refractivity contribution is 7.14. The Labute approximate surface area is 114 Å². The van der Waals surface area contributed by atoms with Gasteiger partial charge in [-0.1, -0.05) is 0 Å². The van der Waals surface area contributed by atoms with Gasteiger partial charge in [-0.2, -0.15) is 13.2 Å². The fourth-order valence-corrected chi connectivity index (χ4v) is 3.09. The van der Waals surface area contributed by atoms with Crippen molar-refractivity contribution in [3.63, 3.8) is 0 Å². The molecular formula is C11H8F3NO2S2. The van der Waals surface area contributed by atoms with Crippen LogP contribution >= 0.6 is 22.7 Å². The molecule has 0 radical (unpaired) electrons. The molecule has 0 atom stereocenters. The van der Waals surface area contributed by atoms with Crippen LogP contribution in [0.15, 0.2) is 16.8 Å². The molecule has 0 aromatic carbocycles. The number of nitrogens with zero attached hydrogens (tertiary/aromatic N) is 1. The lowest BCUT2D eigenvalue weighted by molar-refractivity contribution is -0.134. The summed E-state index contributed by atoms with van der Waals surface area (Å²) >= 11 is 2.36. The Hall–Kier alpha value is -1.41. The second kappa shape index (κ2) is 5.30. The summed E-state index contributed by atoms with van der Waals surface area (Å²) < 4.78 is 36.2. The fourth-order valence-electron chi connectivity index (χ4n) is 1.37. The SMILES string of the molecule is O=C(O)c1csc(-c2csc(CCC(F)(F)F)n2)c1. The molecule has 0 unspecified atom stereocenters. The standard InChI is InChI=1S/C11H8F3NO2S2/c12-11(13,14)2-1-9-15-7(5-19-9)8-3-6(4-18-8)10(16)17/h3-5H,1-2H2,(H,16,17). The number of carboxylic acids is 1. The number of halogens is 3. The highest BCUT2D eigenvalue weighted by Gasteiger charge is 2.27. The summed E-state index contributed by atoms with van der Waals surface area (Å²) in [7, 11) is 0. The molecule has 0 bridgehead atoms. The van der Waals surface area contributed by atoms with E-state index in [1.807, 2.05) is 0 Å². The molecule has 0 aliphatic heterocycles. The van der Waals surface area contributed by atoms with Crippen LogP contribution in [0.1, 0.15) is 21.8 Å². The maximum atomic E-state index is 12.1. The number of carbonyl (C=O) groups is 1. The number of thiazole rings is 1. The van der Waals surface area contributed by atoms with Crippen LogP contribution in [-0.4, -0.2) is 22.2 Å². The van der Waals surface area contributed by atoms with E-state index in [2.05, 4.69) is 4.98 Å². The Bertz CT molecular complexity index is 589. The van der Waals surface area contributed by atoms with Crippen molar-refractivity contribution in [3.8, 4) is 10.6 Å². The Kier molecular flexibility index (Phi) is 3.91. The number of hydrogen-bond acceptors (Lipinski definition) is 4. The van der Waals surface area contributed by atoms with Crippen LogP contribution in [0.3, 0.4) is 0 Å². The molecule has 3 nitrogen and oxygen atoms in total. The average molecular weight is 307 g/mol. The van der Waals surface area contributed by atoms with Crippen LogP contribution in [0.2, 0.25) is 0 Å². The van der Waals surface area contributed by atoms with Crippen molar-refractivity contribution in [2.45, 2.75) is 19.0 Å². The summed E-state index contributed by atoms with van der Waals surface area (Å²) in [6.07, 6.45) is -5.23. The van der Waals surface area contributed by atoms with Crippen LogP contribution < -0.4 is 0 Å². The van der Waals surface area contributed by atoms with Crippen LogP contribution in [0.25, 0.3) is 10.6 Å². The highest BCUT2D eigenvalue weighted by Crippen LogP contribution is 2.30. The first-order chi connectivity index (χ1) is 8.85. The van der Waals surface area contributed by atoms with Gasteiger partial charge in [0.15, 0.2) is 0 Å². The maximum absolute atomic E-state index is 12.1. The molecule has 0 aliphatic carbocycles. The van der Waals surface area contributed by atoms with Gasteiger partial charge < -0.3 is 5.11 Å². The average Bonchev–Trinajstić information content (AvgIpc) is 2.94. The Morgan fingerprint density at radius 3 is 2.63 bits per heavy atom. The third-order valence-corrected chi connectivity index (χ3v) is 4.13. The molecule has 2 aromatic heterocycles. The minimum absolute atomic E-state index is 0.147. The molecule has 2 aromatic rings. The van der Waals surface area contributed by atoms with Gasteiger partial charge in [0.2, 0.25) is 0 Å². The van der Waals surface area contributed by atoms with Gasteiger partial charge in [0.05, 0.1) is 21.1 Å². The minimum Gasteiger partial charge on any atom is -0.478 e. The lowest BCUT2D eigenvalue weighted by atomic mass is 10.3. The van der Waals surface area contributed by atoms with E-state index in [4.69, 9.17) is 5.11 Å². The van der Waals surface area contributed by atoms with Crippen molar-refractivity contribution in [2.75, 3.05) is 0 Å². The van der Waals surface area contributed by atoms with Crippen molar-refractivity contribution < 1.29 is 23.1 Å². The quantitative estimate of drug-likeness (QED) is 0.926. The molecular weight excluding hydrogens is 299 g/mol. The van der Waals surface area contributed by atoms with Gasteiger partial charge in [-0.25, -0.2) is 9.78 Å². The molecule has 0 amide bonds. The fraction of sp³-hybridized carbons (Fsp3) is 0.273. The third-order valence-electron chi connectivity index (χ3n) is 2.27. The molecule has 2 heterocycles. The summed E-state index contributed by atoms with van der Waals surface area (Å²) in [5.41, 5.74) is 0.685. The first kappa shape index (κ1) is 14.0. The topological polar surface area (TPSA) is 50.2 Å². The minimum atomic E-state index is -4.19. The van der Waals surface area contributed by atoms with E-state index in [-0.39, 0.29) is 12.0 Å². The van der Waals surface area contributed by atoms with E-state index in [0.29, 0.717) is 15.6 Å². The van der Waals surface area contributed by atoms with Crippen molar-refractivity contribution >= 4 is 28.6 Å². The summed E-state index contributed by atoms with van der Waals surface area (Å²) in [5, 5.41) is 12.3. The van der Waals surface area contributed by atoms with E-state index in [1.165, 1.54) is 22.8 Å². The van der Waals surface area contributed by atoms with Gasteiger partial charge in [0.25, 0.3) is 0 Å². The highest BCUT2D eigenvalue weighted by atomic mass is 32.1. The van der Waals surface area contributed by atoms with E-state index >= 15 is 0 Å². The predicted octanol–water partition coefficient (Wildman–Crippen LogP) is 4.06. The molecule has 19 heavy (non-hydrogen) atoms. The van der Waals surface area contributed by atoms with Gasteiger partial charge in [0.1, 0.15) is 0 Å². The van der Waals surface area contributed by atoms with E-state index in [1.54, 1.807) is 5.38 Å². The second-order valence-corrected chi connectivity index (χ2v) is 5.60. The molecule has 0 aliphatic rings. The van der Waals surface area contributed by atoms with E-state index in [0.717, 1.165) is 11.3 Å². The number of aromatic carboxylic acids is 1. The maximum Gasteiger partial charge on any atom is 0.389 e. The molecule has 0 fully saturated rings. The lowest BCUT2D eigenvalue weighted by Gasteiger charge is -2.02. The van der Waals surface area contributed by atoms with E-state index < -0.39 is 18.6 Å². The molecule has 0 saturated carbocycles. The van der Waals surface area contributed by atoms with Gasteiger partial charge in [-0.15, -0.1) is 22.7 Å². The predicted molar refractivity (Wildman–Crippen MR) is 66.8 cm³/mol. The second-order valence-electron chi connectivity index (χ2n) is 3.75. The molecule has 0 spiro atoms. The number of rotatable bonds is 4. The molecule has 1 N–H and O–H groups in total. The van der Waals surface area contributed by atoms with Crippen LogP contribution in [0.4, 0.5) is 13.2 Å². The Morgan fingerprint density at radius 1 is 1.32 bits per heavy atom. The number of aryl methyl sites for hydroxylation is 1. The van der Waals surface area contributed by atoms with Crippen LogP contribution in [-0.2, 0) is 6.42 Å². The monoisotopic (exact) mass is 307 g/mol. The van der Waals surface area contributed by atoms with Crippen LogP contribution in [0.5, 0.6) is 0 Å². The van der Waals surface area contributed by atoms with Gasteiger partial charge in [-0.05, 0) is 6.07 Å². The number of aromatic nitrogens is 1. The summed E-state index contributed by atoms with van der Waals surface area (Å²) in [5.74, 6) is -1.03.